The zero-order valence-electron chi connectivity index (χ0n) is 10.7. The Morgan fingerprint density at radius 2 is 1.82 bits per heavy atom. The third-order valence-corrected chi connectivity index (χ3v) is 4.67. The van der Waals surface area contributed by atoms with Crippen LogP contribution in [0.25, 0.3) is 0 Å². The molecule has 0 unspecified atom stereocenters. The lowest BCUT2D eigenvalue weighted by Crippen LogP contribution is -2.48. The van der Waals surface area contributed by atoms with Gasteiger partial charge in [0.15, 0.2) is 0 Å². The summed E-state index contributed by atoms with van der Waals surface area (Å²) in [6.45, 7) is 1.11. The van der Waals surface area contributed by atoms with E-state index in [9.17, 15) is 0 Å². The van der Waals surface area contributed by atoms with E-state index in [2.05, 4.69) is 41.5 Å². The Morgan fingerprint density at radius 3 is 2.65 bits per heavy atom. The molecule has 1 aromatic rings. The molecule has 0 amide bonds. The molecule has 1 aliphatic carbocycles. The van der Waals surface area contributed by atoms with Crippen LogP contribution in [0.1, 0.15) is 38.5 Å². The van der Waals surface area contributed by atoms with Gasteiger partial charge in [0.1, 0.15) is 0 Å². The first-order valence-corrected chi connectivity index (χ1v) is 6.89. The first kappa shape index (κ1) is 10.9. The summed E-state index contributed by atoms with van der Waals surface area (Å²) < 4.78 is 0. The van der Waals surface area contributed by atoms with Gasteiger partial charge in [-0.3, -0.25) is 0 Å². The normalized spacial score (nSPS) is 22.8. The number of fused-ring (bicyclic) bond motifs is 1. The SMILES string of the molecule is CN1c2ccccc2NCCC12CCCCC2. The Hall–Kier alpha value is -1.18. The van der Waals surface area contributed by atoms with Crippen molar-refractivity contribution in [2.45, 2.75) is 44.1 Å². The molecule has 2 heteroatoms. The number of nitrogens with one attached hydrogen (secondary N) is 1. The predicted octanol–water partition coefficient (Wildman–Crippen LogP) is 3.64. The number of rotatable bonds is 0. The summed E-state index contributed by atoms with van der Waals surface area (Å²) in [5.74, 6) is 0. The molecule has 1 aromatic carbocycles. The quantitative estimate of drug-likeness (QED) is 0.732. The van der Waals surface area contributed by atoms with Gasteiger partial charge >= 0.3 is 0 Å². The summed E-state index contributed by atoms with van der Waals surface area (Å²) >= 11 is 0. The van der Waals surface area contributed by atoms with E-state index in [-0.39, 0.29) is 0 Å². The molecule has 17 heavy (non-hydrogen) atoms. The van der Waals surface area contributed by atoms with Gasteiger partial charge in [-0.2, -0.15) is 0 Å². The Morgan fingerprint density at radius 1 is 1.06 bits per heavy atom. The van der Waals surface area contributed by atoms with Crippen LogP contribution in [0.2, 0.25) is 0 Å². The van der Waals surface area contributed by atoms with Crippen LogP contribution in [0.4, 0.5) is 11.4 Å². The molecule has 0 aromatic heterocycles. The summed E-state index contributed by atoms with van der Waals surface area (Å²) in [5, 5.41) is 3.59. The highest BCUT2D eigenvalue weighted by Gasteiger charge is 2.37. The van der Waals surface area contributed by atoms with Gasteiger partial charge in [-0.15, -0.1) is 0 Å². The summed E-state index contributed by atoms with van der Waals surface area (Å²) in [7, 11) is 2.29. The average Bonchev–Trinajstić information content (AvgIpc) is 2.51. The standard InChI is InChI=1S/C15H22N2/c1-17-14-8-4-3-7-13(14)16-12-11-15(17)9-5-2-6-10-15/h3-4,7-8,16H,2,5-6,9-12H2,1H3. The molecule has 0 saturated heterocycles. The number of hydrogen-bond acceptors (Lipinski definition) is 2. The average molecular weight is 230 g/mol. The first-order chi connectivity index (χ1) is 8.32. The molecule has 0 bridgehead atoms. The number of benzene rings is 1. The van der Waals surface area contributed by atoms with E-state index in [0.717, 1.165) is 6.54 Å². The number of para-hydroxylation sites is 2. The Balaban J connectivity index is 1.98. The van der Waals surface area contributed by atoms with Crippen LogP contribution in [0, 0.1) is 0 Å². The van der Waals surface area contributed by atoms with Gasteiger partial charge in [-0.05, 0) is 31.4 Å². The van der Waals surface area contributed by atoms with Crippen molar-refractivity contribution >= 4 is 11.4 Å². The van der Waals surface area contributed by atoms with Crippen molar-refractivity contribution < 1.29 is 0 Å². The van der Waals surface area contributed by atoms with Crippen LogP contribution < -0.4 is 10.2 Å². The van der Waals surface area contributed by atoms with Gasteiger partial charge in [0, 0.05) is 19.1 Å². The van der Waals surface area contributed by atoms with Gasteiger partial charge in [-0.1, -0.05) is 31.4 Å². The first-order valence-electron chi connectivity index (χ1n) is 6.89. The van der Waals surface area contributed by atoms with E-state index in [1.165, 1.54) is 49.9 Å². The van der Waals surface area contributed by atoms with Gasteiger partial charge in [-0.25, -0.2) is 0 Å². The van der Waals surface area contributed by atoms with Gasteiger partial charge < -0.3 is 10.2 Å². The second-order valence-corrected chi connectivity index (χ2v) is 5.54. The zero-order valence-corrected chi connectivity index (χ0v) is 10.7. The highest BCUT2D eigenvalue weighted by molar-refractivity contribution is 5.71. The molecular weight excluding hydrogens is 208 g/mol. The van der Waals surface area contributed by atoms with E-state index in [4.69, 9.17) is 0 Å². The van der Waals surface area contributed by atoms with E-state index in [1.807, 2.05) is 0 Å². The highest BCUT2D eigenvalue weighted by atomic mass is 15.2. The summed E-state index contributed by atoms with van der Waals surface area (Å²) in [5.41, 5.74) is 3.10. The van der Waals surface area contributed by atoms with Crippen molar-refractivity contribution in [3.8, 4) is 0 Å². The highest BCUT2D eigenvalue weighted by Crippen LogP contribution is 2.42. The Bertz CT molecular complexity index is 394. The lowest BCUT2D eigenvalue weighted by Gasteiger charge is -2.45. The monoisotopic (exact) mass is 230 g/mol. The largest absolute Gasteiger partial charge is 0.383 e. The number of anilines is 2. The Kier molecular flexibility index (Phi) is 2.73. The van der Waals surface area contributed by atoms with E-state index in [0.29, 0.717) is 5.54 Å². The van der Waals surface area contributed by atoms with Crippen LogP contribution in [-0.4, -0.2) is 19.1 Å². The molecule has 1 spiro atoms. The molecule has 1 saturated carbocycles. The molecular formula is C15H22N2. The fraction of sp³-hybridized carbons (Fsp3) is 0.600. The summed E-state index contributed by atoms with van der Waals surface area (Å²) in [6, 6.07) is 8.73. The van der Waals surface area contributed by atoms with Crippen LogP contribution >= 0.6 is 0 Å². The van der Waals surface area contributed by atoms with Crippen LogP contribution in [-0.2, 0) is 0 Å². The third-order valence-electron chi connectivity index (χ3n) is 4.67. The lowest BCUT2D eigenvalue weighted by molar-refractivity contribution is 0.274. The van der Waals surface area contributed by atoms with Crippen molar-refractivity contribution in [2.24, 2.45) is 0 Å². The van der Waals surface area contributed by atoms with Crippen molar-refractivity contribution in [1.82, 2.24) is 0 Å². The topological polar surface area (TPSA) is 15.3 Å². The third kappa shape index (κ3) is 1.80. The smallest absolute Gasteiger partial charge is 0.0604 e. The van der Waals surface area contributed by atoms with Crippen LogP contribution in [0.5, 0.6) is 0 Å². The maximum Gasteiger partial charge on any atom is 0.0604 e. The minimum atomic E-state index is 0.415. The molecule has 0 radical (unpaired) electrons. The maximum absolute atomic E-state index is 3.59. The van der Waals surface area contributed by atoms with Crippen LogP contribution in [0.15, 0.2) is 24.3 Å². The minimum absolute atomic E-state index is 0.415. The summed E-state index contributed by atoms with van der Waals surface area (Å²) in [6.07, 6.45) is 8.21. The number of hydrogen-bond donors (Lipinski definition) is 1. The maximum atomic E-state index is 3.59. The van der Waals surface area contributed by atoms with Crippen molar-refractivity contribution in [2.75, 3.05) is 23.8 Å². The second kappa shape index (κ2) is 4.25. The van der Waals surface area contributed by atoms with Crippen molar-refractivity contribution in [1.29, 1.82) is 0 Å². The van der Waals surface area contributed by atoms with Gasteiger partial charge in [0.05, 0.1) is 11.4 Å². The molecule has 2 aliphatic rings. The fourth-order valence-corrected chi connectivity index (χ4v) is 3.56. The lowest BCUT2D eigenvalue weighted by atomic mass is 9.78. The predicted molar refractivity (Wildman–Crippen MR) is 73.8 cm³/mol. The molecule has 0 atom stereocenters. The molecule has 1 heterocycles. The fourth-order valence-electron chi connectivity index (χ4n) is 3.56. The molecule has 1 N–H and O–H groups in total. The summed E-state index contributed by atoms with van der Waals surface area (Å²) in [4.78, 5) is 2.56. The second-order valence-electron chi connectivity index (χ2n) is 5.54. The van der Waals surface area contributed by atoms with E-state index in [1.54, 1.807) is 0 Å². The molecule has 1 aliphatic heterocycles. The number of nitrogens with zero attached hydrogens (tertiary/aromatic N) is 1. The van der Waals surface area contributed by atoms with Gasteiger partial charge in [0.25, 0.3) is 0 Å². The molecule has 1 fully saturated rings. The van der Waals surface area contributed by atoms with E-state index < -0.39 is 0 Å². The molecule has 2 nitrogen and oxygen atoms in total. The van der Waals surface area contributed by atoms with Crippen molar-refractivity contribution in [3.05, 3.63) is 24.3 Å². The molecule has 3 rings (SSSR count). The van der Waals surface area contributed by atoms with Gasteiger partial charge in [0.2, 0.25) is 0 Å². The van der Waals surface area contributed by atoms with Crippen molar-refractivity contribution in [3.63, 3.8) is 0 Å². The van der Waals surface area contributed by atoms with E-state index >= 15 is 0 Å². The molecule has 92 valence electrons. The minimum Gasteiger partial charge on any atom is -0.383 e. The Labute approximate surface area is 104 Å². The van der Waals surface area contributed by atoms with Crippen LogP contribution in [0.3, 0.4) is 0 Å². The zero-order chi connectivity index (χ0) is 11.7.